The molecular weight excluding hydrogens is 374 g/mol. The van der Waals surface area contributed by atoms with Gasteiger partial charge in [-0.1, -0.05) is 19.8 Å². The van der Waals surface area contributed by atoms with Crippen LogP contribution in [0.2, 0.25) is 0 Å². The van der Waals surface area contributed by atoms with Gasteiger partial charge in [0.1, 0.15) is 0 Å². The summed E-state index contributed by atoms with van der Waals surface area (Å²) in [5.74, 6) is 0.828. The molecule has 29 heavy (non-hydrogen) atoms. The minimum atomic E-state index is -0.609. The minimum absolute atomic E-state index is 0.148. The van der Waals surface area contributed by atoms with Crippen LogP contribution >= 0.6 is 0 Å². The average Bonchev–Trinajstić information content (AvgIpc) is 2.70. The van der Waals surface area contributed by atoms with E-state index >= 15 is 0 Å². The average molecular weight is 408 g/mol. The zero-order valence-corrected chi connectivity index (χ0v) is 17.9. The molecule has 1 aliphatic carbocycles. The summed E-state index contributed by atoms with van der Waals surface area (Å²) in [6.45, 7) is 8.63. The van der Waals surface area contributed by atoms with Gasteiger partial charge in [0, 0.05) is 6.04 Å². The highest BCUT2D eigenvalue weighted by Crippen LogP contribution is 2.39. The summed E-state index contributed by atoms with van der Waals surface area (Å²) in [4.78, 5) is 24.7. The lowest BCUT2D eigenvalue weighted by molar-refractivity contribution is -0.125. The first-order valence-corrected chi connectivity index (χ1v) is 10.5. The second-order valence-electron chi connectivity index (χ2n) is 7.11. The normalized spacial score (nSPS) is 18.6. The number of ether oxygens (including phenoxy) is 4. The van der Waals surface area contributed by atoms with Crippen LogP contribution in [-0.2, 0) is 9.53 Å². The number of carbonyl (C=O) groups excluding carboxylic acids is 2. The van der Waals surface area contributed by atoms with E-state index in [1.165, 1.54) is 6.42 Å². The van der Waals surface area contributed by atoms with Crippen molar-refractivity contribution in [2.24, 2.45) is 5.92 Å². The van der Waals surface area contributed by atoms with Crippen LogP contribution in [-0.4, -0.2) is 44.3 Å². The maximum atomic E-state index is 12.5. The van der Waals surface area contributed by atoms with Gasteiger partial charge >= 0.3 is 5.97 Å². The molecule has 0 radical (unpaired) electrons. The van der Waals surface area contributed by atoms with Crippen LogP contribution in [0, 0.1) is 5.92 Å². The Balaban J connectivity index is 2.05. The van der Waals surface area contributed by atoms with Crippen molar-refractivity contribution in [3.63, 3.8) is 0 Å². The predicted octanol–water partition coefficient (Wildman–Crippen LogP) is 3.73. The van der Waals surface area contributed by atoms with Gasteiger partial charge < -0.3 is 24.3 Å². The Kier molecular flexibility index (Phi) is 9.09. The standard InChI is InChI=1S/C22H33NO6/c1-5-26-18-12-16(13-19(27-6-2)21(18)28-7-3)22(25)29-14-20(24)23-17-11-9-8-10-15(17)4/h12-13,15,17H,5-11,14H2,1-4H3,(H,23,24)/t15-,17-/m0/s1. The quantitative estimate of drug-likeness (QED) is 0.595. The molecule has 162 valence electrons. The smallest absolute Gasteiger partial charge is 0.338 e. The van der Waals surface area contributed by atoms with Gasteiger partial charge in [-0.2, -0.15) is 0 Å². The first-order valence-electron chi connectivity index (χ1n) is 10.5. The van der Waals surface area contributed by atoms with Gasteiger partial charge in [-0.05, 0) is 51.7 Å². The van der Waals surface area contributed by atoms with Crippen molar-refractivity contribution in [3.8, 4) is 17.2 Å². The van der Waals surface area contributed by atoms with E-state index in [4.69, 9.17) is 18.9 Å². The van der Waals surface area contributed by atoms with E-state index in [9.17, 15) is 9.59 Å². The van der Waals surface area contributed by atoms with Crippen LogP contribution in [0.3, 0.4) is 0 Å². The Bertz CT molecular complexity index is 663. The van der Waals surface area contributed by atoms with Gasteiger partial charge in [-0.25, -0.2) is 4.79 Å². The Morgan fingerprint density at radius 1 is 0.966 bits per heavy atom. The fourth-order valence-electron chi connectivity index (χ4n) is 3.50. The molecule has 1 amide bonds. The van der Waals surface area contributed by atoms with E-state index in [0.717, 1.165) is 19.3 Å². The van der Waals surface area contributed by atoms with E-state index < -0.39 is 5.97 Å². The van der Waals surface area contributed by atoms with Crippen LogP contribution in [0.15, 0.2) is 12.1 Å². The number of hydrogen-bond donors (Lipinski definition) is 1. The summed E-state index contributed by atoms with van der Waals surface area (Å²) < 4.78 is 22.1. The van der Waals surface area contributed by atoms with Gasteiger partial charge in [-0.3, -0.25) is 4.79 Å². The first-order chi connectivity index (χ1) is 14.0. The Hall–Kier alpha value is -2.44. The van der Waals surface area contributed by atoms with Crippen molar-refractivity contribution in [2.45, 2.75) is 59.4 Å². The highest BCUT2D eigenvalue weighted by molar-refractivity contribution is 5.92. The maximum absolute atomic E-state index is 12.5. The molecule has 1 saturated carbocycles. The fourth-order valence-corrected chi connectivity index (χ4v) is 3.50. The first kappa shape index (κ1) is 22.8. The third kappa shape index (κ3) is 6.54. The molecule has 0 aromatic heterocycles. The van der Waals surface area contributed by atoms with E-state index in [2.05, 4.69) is 12.2 Å². The van der Waals surface area contributed by atoms with E-state index in [1.807, 2.05) is 20.8 Å². The summed E-state index contributed by atoms with van der Waals surface area (Å²) in [5.41, 5.74) is 0.249. The van der Waals surface area contributed by atoms with E-state index in [0.29, 0.717) is 43.0 Å². The number of benzene rings is 1. The number of amides is 1. The van der Waals surface area contributed by atoms with Crippen molar-refractivity contribution >= 4 is 11.9 Å². The zero-order valence-electron chi connectivity index (χ0n) is 17.9. The third-order valence-electron chi connectivity index (χ3n) is 4.94. The van der Waals surface area contributed by atoms with E-state index in [-0.39, 0.29) is 24.1 Å². The fraction of sp³-hybridized carbons (Fsp3) is 0.636. The van der Waals surface area contributed by atoms with Crippen LogP contribution in [0.4, 0.5) is 0 Å². The summed E-state index contributed by atoms with van der Waals surface area (Å²) in [6.07, 6.45) is 4.39. The molecule has 1 N–H and O–H groups in total. The lowest BCUT2D eigenvalue weighted by Crippen LogP contribution is -2.42. The van der Waals surface area contributed by atoms with Crippen LogP contribution < -0.4 is 19.5 Å². The molecular formula is C22H33NO6. The van der Waals surface area contributed by atoms with Crippen LogP contribution in [0.5, 0.6) is 17.2 Å². The van der Waals surface area contributed by atoms with Gasteiger partial charge in [-0.15, -0.1) is 0 Å². The lowest BCUT2D eigenvalue weighted by Gasteiger charge is -2.29. The van der Waals surface area contributed by atoms with Crippen molar-refractivity contribution < 1.29 is 28.5 Å². The second kappa shape index (κ2) is 11.5. The molecule has 2 atom stereocenters. The molecule has 0 bridgehead atoms. The number of nitrogens with one attached hydrogen (secondary N) is 1. The van der Waals surface area contributed by atoms with E-state index in [1.54, 1.807) is 12.1 Å². The predicted molar refractivity (Wildman–Crippen MR) is 110 cm³/mol. The Labute approximate surface area is 173 Å². The molecule has 7 heteroatoms. The number of esters is 1. The summed E-state index contributed by atoms with van der Waals surface area (Å²) in [7, 11) is 0. The molecule has 1 aromatic carbocycles. The summed E-state index contributed by atoms with van der Waals surface area (Å²) in [6, 6.07) is 3.26. The van der Waals surface area contributed by atoms with Gasteiger partial charge in [0.05, 0.1) is 25.4 Å². The topological polar surface area (TPSA) is 83.1 Å². The molecule has 1 fully saturated rings. The minimum Gasteiger partial charge on any atom is -0.490 e. The molecule has 0 unspecified atom stereocenters. The van der Waals surface area contributed by atoms with Crippen molar-refractivity contribution in [3.05, 3.63) is 17.7 Å². The summed E-state index contributed by atoms with van der Waals surface area (Å²) in [5, 5.41) is 2.98. The Morgan fingerprint density at radius 3 is 2.10 bits per heavy atom. The molecule has 2 rings (SSSR count). The van der Waals surface area contributed by atoms with Crippen molar-refractivity contribution in [1.29, 1.82) is 0 Å². The number of hydrogen-bond acceptors (Lipinski definition) is 6. The third-order valence-corrected chi connectivity index (χ3v) is 4.94. The Morgan fingerprint density at radius 2 is 1.55 bits per heavy atom. The molecule has 0 spiro atoms. The highest BCUT2D eigenvalue weighted by Gasteiger charge is 2.24. The summed E-state index contributed by atoms with van der Waals surface area (Å²) >= 11 is 0. The van der Waals surface area contributed by atoms with Gasteiger partial charge in [0.15, 0.2) is 18.1 Å². The maximum Gasteiger partial charge on any atom is 0.338 e. The van der Waals surface area contributed by atoms with Crippen LogP contribution in [0.1, 0.15) is 63.7 Å². The van der Waals surface area contributed by atoms with Crippen molar-refractivity contribution in [1.82, 2.24) is 5.32 Å². The molecule has 0 aliphatic heterocycles. The molecule has 1 aromatic rings. The largest absolute Gasteiger partial charge is 0.490 e. The highest BCUT2D eigenvalue weighted by atomic mass is 16.5. The monoisotopic (exact) mass is 407 g/mol. The molecule has 1 aliphatic rings. The number of rotatable bonds is 10. The number of carbonyl (C=O) groups is 2. The van der Waals surface area contributed by atoms with Gasteiger partial charge in [0.2, 0.25) is 5.75 Å². The second-order valence-corrected chi connectivity index (χ2v) is 7.11. The molecule has 0 saturated heterocycles. The van der Waals surface area contributed by atoms with Crippen LogP contribution in [0.25, 0.3) is 0 Å². The molecule has 0 heterocycles. The zero-order chi connectivity index (χ0) is 21.2. The lowest BCUT2D eigenvalue weighted by atomic mass is 9.86. The molecule has 7 nitrogen and oxygen atoms in total. The van der Waals surface area contributed by atoms with Crippen molar-refractivity contribution in [2.75, 3.05) is 26.4 Å². The SMILES string of the molecule is CCOc1cc(C(=O)OCC(=O)N[C@H]2CCCC[C@@H]2C)cc(OCC)c1OCC. The van der Waals surface area contributed by atoms with Gasteiger partial charge in [0.25, 0.3) is 5.91 Å².